The van der Waals surface area contributed by atoms with Crippen molar-refractivity contribution in [2.24, 2.45) is 11.7 Å². The van der Waals surface area contributed by atoms with Gasteiger partial charge < -0.3 is 25.4 Å². The molecule has 1 aliphatic carbocycles. The van der Waals surface area contributed by atoms with Gasteiger partial charge in [0.2, 0.25) is 5.91 Å². The van der Waals surface area contributed by atoms with Crippen molar-refractivity contribution in [1.82, 2.24) is 10.2 Å². The van der Waals surface area contributed by atoms with E-state index in [-0.39, 0.29) is 5.91 Å². The lowest BCUT2D eigenvalue weighted by Crippen LogP contribution is -2.50. The van der Waals surface area contributed by atoms with Gasteiger partial charge in [0.25, 0.3) is 0 Å². The number of nitrogens with one attached hydrogen (secondary N) is 1. The van der Waals surface area contributed by atoms with Gasteiger partial charge in [-0.2, -0.15) is 0 Å². The van der Waals surface area contributed by atoms with E-state index in [1.165, 1.54) is 0 Å². The van der Waals surface area contributed by atoms with E-state index in [0.717, 1.165) is 23.3 Å². The lowest BCUT2D eigenvalue weighted by atomic mass is 10.0. The summed E-state index contributed by atoms with van der Waals surface area (Å²) in [6.07, 6.45) is 2.32. The predicted molar refractivity (Wildman–Crippen MR) is 144 cm³/mol. The van der Waals surface area contributed by atoms with Gasteiger partial charge in [0, 0.05) is 17.8 Å². The topological polar surface area (TPSA) is 111 Å². The molecule has 0 radical (unpaired) electrons. The van der Waals surface area contributed by atoms with Crippen LogP contribution in [-0.2, 0) is 27.2 Å². The molecule has 2 atom stereocenters. The highest BCUT2D eigenvalue weighted by atomic mass is 32.1. The van der Waals surface area contributed by atoms with E-state index in [9.17, 15) is 14.4 Å². The van der Waals surface area contributed by atoms with Crippen molar-refractivity contribution in [2.45, 2.75) is 83.6 Å². The lowest BCUT2D eigenvalue weighted by Gasteiger charge is -2.29. The van der Waals surface area contributed by atoms with Crippen LogP contribution in [0.5, 0.6) is 0 Å². The van der Waals surface area contributed by atoms with Gasteiger partial charge in [-0.05, 0) is 75.8 Å². The second-order valence-electron chi connectivity index (χ2n) is 10.6. The van der Waals surface area contributed by atoms with Crippen LogP contribution in [0.1, 0.15) is 63.3 Å². The number of nitrogens with zero attached hydrogens (tertiary/aromatic N) is 1. The number of carbonyl (C=O) groups is 3. The Morgan fingerprint density at radius 2 is 1.84 bits per heavy atom. The normalized spacial score (nSPS) is 14.9. The number of rotatable bonds is 13. The maximum absolute atomic E-state index is 13.7. The van der Waals surface area contributed by atoms with Gasteiger partial charge in [0.05, 0.1) is 6.54 Å². The minimum atomic E-state index is -0.827. The summed E-state index contributed by atoms with van der Waals surface area (Å²) in [5, 5.41) is 4.81. The summed E-state index contributed by atoms with van der Waals surface area (Å²) in [6, 6.07) is 13.0. The Labute approximate surface area is 223 Å². The zero-order valence-electron chi connectivity index (χ0n) is 22.0. The molecule has 202 valence electrons. The van der Waals surface area contributed by atoms with Gasteiger partial charge in [-0.3, -0.25) is 4.79 Å². The van der Waals surface area contributed by atoms with Gasteiger partial charge in [0.1, 0.15) is 17.7 Å². The first-order valence-electron chi connectivity index (χ1n) is 12.9. The zero-order chi connectivity index (χ0) is 26.8. The van der Waals surface area contributed by atoms with Crippen LogP contribution in [0.3, 0.4) is 0 Å². The molecular weight excluding hydrogens is 490 g/mol. The molecule has 1 aromatic carbocycles. The van der Waals surface area contributed by atoms with Crippen LogP contribution in [0.2, 0.25) is 0 Å². The molecule has 0 spiro atoms. The van der Waals surface area contributed by atoms with Gasteiger partial charge >= 0.3 is 12.2 Å². The van der Waals surface area contributed by atoms with E-state index < -0.39 is 29.9 Å². The molecule has 0 saturated heterocycles. The average molecular weight is 530 g/mol. The van der Waals surface area contributed by atoms with Gasteiger partial charge in [-0.1, -0.05) is 36.4 Å². The summed E-state index contributed by atoms with van der Waals surface area (Å²) in [6.45, 7) is 6.55. The molecule has 1 fully saturated rings. The molecule has 2 aromatic rings. The first-order valence-corrected chi connectivity index (χ1v) is 13.8. The predicted octanol–water partition coefficient (Wildman–Crippen LogP) is 5.26. The van der Waals surface area contributed by atoms with Crippen LogP contribution in [0, 0.1) is 5.92 Å². The van der Waals surface area contributed by atoms with Crippen molar-refractivity contribution < 1.29 is 23.9 Å². The number of hydrogen-bond acceptors (Lipinski definition) is 6. The minimum Gasteiger partial charge on any atom is -0.446 e. The highest BCUT2D eigenvalue weighted by Gasteiger charge is 2.32. The number of alkyl carbamates (subject to hydrolysis) is 1. The SMILES string of the molecule is CC(C)(C)OC(=O)N[C@@H](CCCC(Cc1ccccc1)OC(N)=O)C(=O)N(Cc1cccs1)CC1CC1. The lowest BCUT2D eigenvalue weighted by molar-refractivity contribution is -0.134. The molecule has 3 N–H and O–H groups in total. The third-order valence-corrected chi connectivity index (χ3v) is 6.87. The Hall–Kier alpha value is -3.07. The Balaban J connectivity index is 1.69. The summed E-state index contributed by atoms with van der Waals surface area (Å²) >= 11 is 1.61. The van der Waals surface area contributed by atoms with Crippen molar-refractivity contribution in [3.63, 3.8) is 0 Å². The van der Waals surface area contributed by atoms with Crippen molar-refractivity contribution in [2.75, 3.05) is 6.54 Å². The molecule has 0 aliphatic heterocycles. The standard InChI is InChI=1S/C28H39N3O5S/c1-28(2,3)36-27(34)30-24(25(32)31(18-21-14-15-21)19-23-12-8-16-37-23)13-7-11-22(35-26(29)33)17-20-9-5-4-6-10-20/h4-6,8-10,12,16,21-22,24H,7,11,13-15,17-19H2,1-3H3,(H2,29,33)(H,30,34)/t22?,24-/m0/s1. The smallest absolute Gasteiger partial charge is 0.408 e. The quantitative estimate of drug-likeness (QED) is 0.368. The monoisotopic (exact) mass is 529 g/mol. The Morgan fingerprint density at radius 3 is 2.43 bits per heavy atom. The maximum atomic E-state index is 13.7. The van der Waals surface area contributed by atoms with Crippen molar-refractivity contribution in [1.29, 1.82) is 0 Å². The second-order valence-corrected chi connectivity index (χ2v) is 11.7. The first-order chi connectivity index (χ1) is 17.6. The molecule has 9 heteroatoms. The van der Waals surface area contributed by atoms with Crippen molar-refractivity contribution in [3.05, 3.63) is 58.3 Å². The van der Waals surface area contributed by atoms with Crippen LogP contribution in [-0.4, -0.2) is 47.3 Å². The Kier molecular flexibility index (Phi) is 10.4. The number of nitrogens with two attached hydrogens (primary N) is 1. The molecule has 1 aromatic heterocycles. The third kappa shape index (κ3) is 10.8. The fourth-order valence-electron chi connectivity index (χ4n) is 4.16. The van der Waals surface area contributed by atoms with E-state index in [0.29, 0.717) is 44.7 Å². The van der Waals surface area contributed by atoms with Gasteiger partial charge in [-0.25, -0.2) is 9.59 Å². The number of primary amides is 1. The summed E-state index contributed by atoms with van der Waals surface area (Å²) in [7, 11) is 0. The van der Waals surface area contributed by atoms with E-state index in [2.05, 4.69) is 5.32 Å². The molecule has 37 heavy (non-hydrogen) atoms. The first kappa shape index (κ1) is 28.5. The number of amides is 3. The summed E-state index contributed by atoms with van der Waals surface area (Å²) in [5.41, 5.74) is 5.66. The zero-order valence-corrected chi connectivity index (χ0v) is 22.8. The van der Waals surface area contributed by atoms with E-state index >= 15 is 0 Å². The highest BCUT2D eigenvalue weighted by Crippen LogP contribution is 2.31. The van der Waals surface area contributed by atoms with Crippen LogP contribution in [0.4, 0.5) is 9.59 Å². The van der Waals surface area contributed by atoms with E-state index in [1.54, 1.807) is 32.1 Å². The fourth-order valence-corrected chi connectivity index (χ4v) is 4.88. The minimum absolute atomic E-state index is 0.124. The number of carbonyl (C=O) groups excluding carboxylic acids is 3. The van der Waals surface area contributed by atoms with Crippen molar-refractivity contribution in [3.8, 4) is 0 Å². The Morgan fingerprint density at radius 1 is 1.11 bits per heavy atom. The largest absolute Gasteiger partial charge is 0.446 e. The van der Waals surface area contributed by atoms with Crippen LogP contribution in [0.25, 0.3) is 0 Å². The maximum Gasteiger partial charge on any atom is 0.408 e. The van der Waals surface area contributed by atoms with Gasteiger partial charge in [-0.15, -0.1) is 11.3 Å². The number of ether oxygens (including phenoxy) is 2. The fraction of sp³-hybridized carbons (Fsp3) is 0.536. The molecule has 0 bridgehead atoms. The summed E-state index contributed by atoms with van der Waals surface area (Å²) < 4.78 is 10.8. The van der Waals surface area contributed by atoms with Crippen LogP contribution >= 0.6 is 11.3 Å². The van der Waals surface area contributed by atoms with Crippen LogP contribution < -0.4 is 11.1 Å². The molecule has 3 rings (SSSR count). The van der Waals surface area contributed by atoms with Crippen molar-refractivity contribution >= 4 is 29.4 Å². The second kappa shape index (κ2) is 13.5. The van der Waals surface area contributed by atoms with Crippen LogP contribution in [0.15, 0.2) is 47.8 Å². The molecule has 8 nitrogen and oxygen atoms in total. The molecule has 1 aliphatic rings. The van der Waals surface area contributed by atoms with Gasteiger partial charge in [0.15, 0.2) is 0 Å². The summed E-state index contributed by atoms with van der Waals surface area (Å²) in [4.78, 5) is 40.8. The number of thiophene rings is 1. The Bertz CT molecular complexity index is 1000. The average Bonchev–Trinajstić information content (AvgIpc) is 3.48. The molecular formula is C28H39N3O5S. The molecule has 1 saturated carbocycles. The van der Waals surface area contributed by atoms with E-state index in [4.69, 9.17) is 15.2 Å². The molecule has 3 amide bonds. The molecule has 1 heterocycles. The van der Waals surface area contributed by atoms with E-state index in [1.807, 2.05) is 52.7 Å². The third-order valence-electron chi connectivity index (χ3n) is 6.01. The number of benzene rings is 1. The summed E-state index contributed by atoms with van der Waals surface area (Å²) in [5.74, 6) is 0.381. The molecule has 1 unspecified atom stereocenters. The number of hydrogen-bond donors (Lipinski definition) is 2. The highest BCUT2D eigenvalue weighted by molar-refractivity contribution is 7.09.